The molecule has 0 amide bonds. The molecule has 1 fully saturated rings. The van der Waals surface area contributed by atoms with E-state index in [4.69, 9.17) is 0 Å². The Labute approximate surface area is 127 Å². The van der Waals surface area contributed by atoms with Crippen LogP contribution in [0.5, 0.6) is 0 Å². The molecule has 1 saturated heterocycles. The van der Waals surface area contributed by atoms with E-state index in [1.807, 2.05) is 6.92 Å². The van der Waals surface area contributed by atoms with Crippen LogP contribution >= 0.6 is 0 Å². The molecule has 21 heavy (non-hydrogen) atoms. The summed E-state index contributed by atoms with van der Waals surface area (Å²) in [5, 5.41) is 3.05. The Kier molecular flexibility index (Phi) is 5.01. The van der Waals surface area contributed by atoms with Crippen molar-refractivity contribution in [1.29, 1.82) is 0 Å². The molecular weight excluding hydrogens is 267 g/mol. The van der Waals surface area contributed by atoms with Crippen LogP contribution in [0, 0.1) is 17.2 Å². The van der Waals surface area contributed by atoms with Crippen molar-refractivity contribution in [1.82, 2.24) is 9.97 Å². The summed E-state index contributed by atoms with van der Waals surface area (Å²) in [6.07, 6.45) is 4.64. The van der Waals surface area contributed by atoms with Gasteiger partial charge in [0.05, 0.1) is 6.20 Å². The van der Waals surface area contributed by atoms with Crippen LogP contribution < -0.4 is 10.2 Å². The highest BCUT2D eigenvalue weighted by Gasteiger charge is 2.28. The monoisotopic (exact) mass is 294 g/mol. The summed E-state index contributed by atoms with van der Waals surface area (Å²) in [7, 11) is 0. The third-order valence-electron chi connectivity index (χ3n) is 4.31. The van der Waals surface area contributed by atoms with Gasteiger partial charge in [-0.1, -0.05) is 20.8 Å². The minimum Gasteiger partial charge on any atom is -0.354 e. The largest absolute Gasteiger partial charge is 0.354 e. The summed E-state index contributed by atoms with van der Waals surface area (Å²) in [6, 6.07) is 0. The maximum absolute atomic E-state index is 14.1. The van der Waals surface area contributed by atoms with E-state index < -0.39 is 0 Å². The fourth-order valence-electron chi connectivity index (χ4n) is 3.00. The Morgan fingerprint density at radius 1 is 1.33 bits per heavy atom. The third-order valence-corrected chi connectivity index (χ3v) is 4.31. The van der Waals surface area contributed by atoms with Crippen LogP contribution in [0.25, 0.3) is 0 Å². The maximum Gasteiger partial charge on any atom is 0.224 e. The average Bonchev–Trinajstić information content (AvgIpc) is 2.66. The van der Waals surface area contributed by atoms with Crippen molar-refractivity contribution in [3.63, 3.8) is 0 Å². The van der Waals surface area contributed by atoms with Crippen molar-refractivity contribution < 1.29 is 4.39 Å². The highest BCUT2D eigenvalue weighted by molar-refractivity contribution is 5.44. The van der Waals surface area contributed by atoms with Gasteiger partial charge < -0.3 is 10.2 Å². The zero-order valence-corrected chi connectivity index (χ0v) is 13.6. The summed E-state index contributed by atoms with van der Waals surface area (Å²) >= 11 is 0. The average molecular weight is 294 g/mol. The van der Waals surface area contributed by atoms with Gasteiger partial charge in [-0.3, -0.25) is 0 Å². The Morgan fingerprint density at radius 2 is 2.10 bits per heavy atom. The minimum absolute atomic E-state index is 0.315. The van der Waals surface area contributed by atoms with Crippen LogP contribution in [0.15, 0.2) is 6.20 Å². The van der Waals surface area contributed by atoms with Crippen molar-refractivity contribution in [3.8, 4) is 0 Å². The van der Waals surface area contributed by atoms with Crippen molar-refractivity contribution in [2.24, 2.45) is 11.3 Å². The maximum atomic E-state index is 14.1. The minimum atomic E-state index is -0.328. The second-order valence-corrected chi connectivity index (χ2v) is 6.88. The third kappa shape index (κ3) is 4.05. The number of halogens is 1. The second kappa shape index (κ2) is 6.58. The van der Waals surface area contributed by atoms with Crippen LogP contribution in [0.4, 0.5) is 16.2 Å². The van der Waals surface area contributed by atoms with E-state index in [0.717, 1.165) is 32.5 Å². The Balaban J connectivity index is 2.13. The van der Waals surface area contributed by atoms with Crippen LogP contribution in [0.2, 0.25) is 0 Å². The summed E-state index contributed by atoms with van der Waals surface area (Å²) in [4.78, 5) is 10.4. The first kappa shape index (κ1) is 16.0. The molecule has 0 saturated carbocycles. The summed E-state index contributed by atoms with van der Waals surface area (Å²) < 4.78 is 14.1. The highest BCUT2D eigenvalue weighted by Crippen LogP contribution is 2.35. The van der Waals surface area contributed by atoms with Gasteiger partial charge in [0, 0.05) is 19.6 Å². The van der Waals surface area contributed by atoms with Gasteiger partial charge in [0.2, 0.25) is 5.95 Å². The number of nitrogens with one attached hydrogen (secondary N) is 1. The lowest BCUT2D eigenvalue weighted by Crippen LogP contribution is -2.28. The van der Waals surface area contributed by atoms with Gasteiger partial charge in [0.15, 0.2) is 11.6 Å². The van der Waals surface area contributed by atoms with E-state index in [9.17, 15) is 4.39 Å². The van der Waals surface area contributed by atoms with Gasteiger partial charge in [0.1, 0.15) is 0 Å². The fraction of sp³-hybridized carbons (Fsp3) is 0.750. The highest BCUT2D eigenvalue weighted by atomic mass is 19.1. The molecule has 4 nitrogen and oxygen atoms in total. The van der Waals surface area contributed by atoms with Crippen LogP contribution in [-0.4, -0.2) is 29.6 Å². The van der Waals surface area contributed by atoms with Gasteiger partial charge in [-0.2, -0.15) is 4.98 Å². The van der Waals surface area contributed by atoms with Crippen LogP contribution in [0.3, 0.4) is 0 Å². The molecule has 0 spiro atoms. The number of anilines is 2. The van der Waals surface area contributed by atoms with E-state index >= 15 is 0 Å². The van der Waals surface area contributed by atoms with E-state index in [1.165, 1.54) is 12.6 Å². The van der Waals surface area contributed by atoms with Gasteiger partial charge in [-0.05, 0) is 37.5 Å². The van der Waals surface area contributed by atoms with E-state index in [0.29, 0.717) is 23.1 Å². The quantitative estimate of drug-likeness (QED) is 0.923. The van der Waals surface area contributed by atoms with Gasteiger partial charge in [-0.15, -0.1) is 0 Å². The van der Waals surface area contributed by atoms with E-state index in [-0.39, 0.29) is 5.82 Å². The van der Waals surface area contributed by atoms with Crippen molar-refractivity contribution in [2.45, 2.75) is 47.0 Å². The lowest BCUT2D eigenvalue weighted by molar-refractivity contribution is 0.220. The van der Waals surface area contributed by atoms with Crippen molar-refractivity contribution in [2.75, 3.05) is 29.9 Å². The van der Waals surface area contributed by atoms with E-state index in [2.05, 4.69) is 41.0 Å². The topological polar surface area (TPSA) is 41.1 Å². The molecule has 1 aliphatic heterocycles. The lowest BCUT2D eigenvalue weighted by atomic mass is 9.77. The zero-order valence-electron chi connectivity index (χ0n) is 13.6. The Hall–Kier alpha value is -1.39. The standard InChI is InChI=1S/C16H27FN4/c1-5-18-15-19-11-13(17)14(20-15)21-9-6-7-12(8-10-21)16(2,3)4/h11-12H,5-10H2,1-4H3,(H,18,19,20). The first-order valence-corrected chi connectivity index (χ1v) is 7.93. The molecule has 118 valence electrons. The van der Waals surface area contributed by atoms with E-state index in [1.54, 1.807) is 0 Å². The zero-order chi connectivity index (χ0) is 15.5. The molecule has 1 unspecified atom stereocenters. The molecule has 2 rings (SSSR count). The Morgan fingerprint density at radius 3 is 2.76 bits per heavy atom. The molecule has 0 aromatic carbocycles. The second-order valence-electron chi connectivity index (χ2n) is 6.88. The molecular formula is C16H27FN4. The molecule has 0 bridgehead atoms. The molecule has 5 heteroatoms. The molecule has 0 radical (unpaired) electrons. The lowest BCUT2D eigenvalue weighted by Gasteiger charge is -2.30. The molecule has 2 heterocycles. The van der Waals surface area contributed by atoms with Gasteiger partial charge in [-0.25, -0.2) is 9.37 Å². The molecule has 1 aliphatic rings. The first-order chi connectivity index (χ1) is 9.91. The smallest absolute Gasteiger partial charge is 0.224 e. The summed E-state index contributed by atoms with van der Waals surface area (Å²) in [6.45, 7) is 11.3. The molecule has 1 aromatic rings. The van der Waals surface area contributed by atoms with Crippen molar-refractivity contribution >= 4 is 11.8 Å². The van der Waals surface area contributed by atoms with Gasteiger partial charge >= 0.3 is 0 Å². The molecule has 1 N–H and O–H groups in total. The van der Waals surface area contributed by atoms with Crippen molar-refractivity contribution in [3.05, 3.63) is 12.0 Å². The number of hydrogen-bond donors (Lipinski definition) is 1. The first-order valence-electron chi connectivity index (χ1n) is 7.93. The number of rotatable bonds is 3. The molecule has 0 aliphatic carbocycles. The summed E-state index contributed by atoms with van der Waals surface area (Å²) in [5.41, 5.74) is 0.315. The predicted molar refractivity (Wildman–Crippen MR) is 85.2 cm³/mol. The number of hydrogen-bond acceptors (Lipinski definition) is 4. The van der Waals surface area contributed by atoms with Crippen LogP contribution in [0.1, 0.15) is 47.0 Å². The molecule has 1 atom stereocenters. The van der Waals surface area contributed by atoms with Crippen LogP contribution in [-0.2, 0) is 0 Å². The van der Waals surface area contributed by atoms with Gasteiger partial charge in [0.25, 0.3) is 0 Å². The normalized spacial score (nSPS) is 20.2. The summed E-state index contributed by atoms with van der Waals surface area (Å²) in [5.74, 6) is 1.30. The number of nitrogens with zero attached hydrogens (tertiary/aromatic N) is 3. The number of aromatic nitrogens is 2. The SMILES string of the molecule is CCNc1ncc(F)c(N2CCCC(C(C)(C)C)CC2)n1. The Bertz CT molecular complexity index is 470. The fourth-order valence-corrected chi connectivity index (χ4v) is 3.00. The molecule has 1 aromatic heterocycles. The predicted octanol–water partition coefficient (Wildman–Crippen LogP) is 3.70.